The molecule has 0 amide bonds. The van der Waals surface area contributed by atoms with Gasteiger partial charge in [-0.15, -0.1) is 0 Å². The number of hydrogen-bond acceptors (Lipinski definition) is 6. The zero-order valence-corrected chi connectivity index (χ0v) is 15.3. The molecule has 9 heteroatoms. The van der Waals surface area contributed by atoms with Crippen molar-refractivity contribution in [3.05, 3.63) is 42.5 Å². The van der Waals surface area contributed by atoms with Crippen LogP contribution in [-0.4, -0.2) is 47.4 Å². The first kappa shape index (κ1) is 19.4. The van der Waals surface area contributed by atoms with E-state index in [1.54, 1.807) is 6.07 Å². The van der Waals surface area contributed by atoms with Crippen molar-refractivity contribution in [1.29, 1.82) is 0 Å². The summed E-state index contributed by atoms with van der Waals surface area (Å²) in [6.45, 7) is -0.780. The second-order valence-corrected chi connectivity index (χ2v) is 6.98. The molecule has 8 nitrogen and oxygen atoms in total. The molecular weight excluding hydrogens is 362 g/mol. The Morgan fingerprint density at radius 1 is 0.962 bits per heavy atom. The maximum atomic E-state index is 13.1. The van der Waals surface area contributed by atoms with E-state index in [2.05, 4.69) is 0 Å². The molecule has 140 valence electrons. The van der Waals surface area contributed by atoms with Crippen LogP contribution in [0.3, 0.4) is 0 Å². The summed E-state index contributed by atoms with van der Waals surface area (Å²) < 4.78 is 42.2. The smallest absolute Gasteiger partial charge is 0.324 e. The quantitative estimate of drug-likeness (QED) is 0.746. The minimum Gasteiger partial charge on any atom is -0.497 e. The summed E-state index contributed by atoms with van der Waals surface area (Å²) in [5, 5.41) is 9.23. The number of carboxylic acid groups (broad SMARTS) is 1. The van der Waals surface area contributed by atoms with Crippen LogP contribution in [0.2, 0.25) is 0 Å². The number of aliphatic carboxylic acids is 1. The molecular formula is C17H19NO7S. The number of benzene rings is 2. The molecule has 0 saturated heterocycles. The first-order valence-corrected chi connectivity index (χ1v) is 8.88. The number of sulfonamides is 1. The maximum Gasteiger partial charge on any atom is 0.324 e. The van der Waals surface area contributed by atoms with Crippen molar-refractivity contribution in [3.63, 3.8) is 0 Å². The van der Waals surface area contributed by atoms with Crippen LogP contribution in [0.5, 0.6) is 17.2 Å². The first-order chi connectivity index (χ1) is 12.3. The molecule has 0 saturated carbocycles. The van der Waals surface area contributed by atoms with Gasteiger partial charge in [0.25, 0.3) is 10.0 Å². The molecule has 0 aromatic heterocycles. The maximum absolute atomic E-state index is 13.1. The van der Waals surface area contributed by atoms with E-state index in [4.69, 9.17) is 14.2 Å². The Bertz CT molecular complexity index is 878. The van der Waals surface area contributed by atoms with Gasteiger partial charge in [-0.1, -0.05) is 0 Å². The Kier molecular flexibility index (Phi) is 5.93. The number of anilines is 1. The van der Waals surface area contributed by atoms with Crippen LogP contribution < -0.4 is 18.5 Å². The zero-order chi connectivity index (χ0) is 19.3. The van der Waals surface area contributed by atoms with Crippen molar-refractivity contribution in [2.75, 3.05) is 32.2 Å². The van der Waals surface area contributed by atoms with Gasteiger partial charge in [-0.05, 0) is 36.4 Å². The molecule has 0 fully saturated rings. The normalized spacial score (nSPS) is 10.9. The summed E-state index contributed by atoms with van der Waals surface area (Å²) in [5.74, 6) is -0.273. The fourth-order valence-corrected chi connectivity index (χ4v) is 3.71. The highest BCUT2D eigenvalue weighted by molar-refractivity contribution is 7.92. The fourth-order valence-electron chi connectivity index (χ4n) is 2.29. The summed E-state index contributed by atoms with van der Waals surface area (Å²) in [7, 11) is 0.0764. The van der Waals surface area contributed by atoms with Gasteiger partial charge in [0.15, 0.2) is 0 Å². The molecule has 0 spiro atoms. The van der Waals surface area contributed by atoms with Crippen molar-refractivity contribution >= 4 is 21.7 Å². The predicted octanol–water partition coefficient (Wildman–Crippen LogP) is 1.99. The van der Waals surface area contributed by atoms with E-state index in [0.29, 0.717) is 11.5 Å². The summed E-state index contributed by atoms with van der Waals surface area (Å²) >= 11 is 0. The van der Waals surface area contributed by atoms with Crippen molar-refractivity contribution in [2.45, 2.75) is 4.90 Å². The van der Waals surface area contributed by atoms with Crippen LogP contribution in [0.15, 0.2) is 47.4 Å². The van der Waals surface area contributed by atoms with Gasteiger partial charge in [-0.25, -0.2) is 8.42 Å². The number of hydrogen-bond donors (Lipinski definition) is 1. The van der Waals surface area contributed by atoms with Crippen LogP contribution in [0, 0.1) is 0 Å². The van der Waals surface area contributed by atoms with E-state index < -0.39 is 22.5 Å². The van der Waals surface area contributed by atoms with Crippen LogP contribution in [0.1, 0.15) is 0 Å². The van der Waals surface area contributed by atoms with E-state index in [1.807, 2.05) is 0 Å². The highest BCUT2D eigenvalue weighted by Gasteiger charge is 2.29. The zero-order valence-electron chi connectivity index (χ0n) is 14.5. The van der Waals surface area contributed by atoms with Gasteiger partial charge in [-0.2, -0.15) is 0 Å². The molecule has 2 aromatic carbocycles. The second-order valence-electron chi connectivity index (χ2n) is 5.12. The summed E-state index contributed by atoms with van der Waals surface area (Å²) in [5.41, 5.74) is 0.0602. The Morgan fingerprint density at radius 2 is 1.54 bits per heavy atom. The Morgan fingerprint density at radius 3 is 2.04 bits per heavy atom. The molecule has 2 rings (SSSR count). The van der Waals surface area contributed by atoms with Gasteiger partial charge in [0.2, 0.25) is 0 Å². The lowest BCUT2D eigenvalue weighted by atomic mass is 10.2. The van der Waals surface area contributed by atoms with Gasteiger partial charge < -0.3 is 19.3 Å². The standard InChI is InChI=1S/C17H19NO7S/c1-23-12-4-7-14(8-5-12)26(21,22)18(11-17(19)20)15-10-13(24-2)6-9-16(15)25-3/h4-10H,11H2,1-3H3,(H,19,20). The molecule has 0 aliphatic heterocycles. The van der Waals surface area contributed by atoms with Crippen LogP contribution in [-0.2, 0) is 14.8 Å². The van der Waals surface area contributed by atoms with Gasteiger partial charge in [0.1, 0.15) is 23.8 Å². The van der Waals surface area contributed by atoms with Crippen molar-refractivity contribution in [2.24, 2.45) is 0 Å². The number of ether oxygens (including phenoxy) is 3. The largest absolute Gasteiger partial charge is 0.497 e. The van der Waals surface area contributed by atoms with Crippen molar-refractivity contribution < 1.29 is 32.5 Å². The number of methoxy groups -OCH3 is 3. The third-order valence-corrected chi connectivity index (χ3v) is 5.35. The highest BCUT2D eigenvalue weighted by Crippen LogP contribution is 2.35. The lowest BCUT2D eigenvalue weighted by molar-refractivity contribution is -0.135. The Labute approximate surface area is 151 Å². The molecule has 0 aliphatic carbocycles. The third kappa shape index (κ3) is 3.99. The van der Waals surface area contributed by atoms with Crippen molar-refractivity contribution in [1.82, 2.24) is 0 Å². The monoisotopic (exact) mass is 381 g/mol. The van der Waals surface area contributed by atoms with Gasteiger partial charge in [0.05, 0.1) is 31.9 Å². The van der Waals surface area contributed by atoms with E-state index in [0.717, 1.165) is 4.31 Å². The number of carbonyl (C=O) groups is 1. The van der Waals surface area contributed by atoms with Crippen LogP contribution in [0.25, 0.3) is 0 Å². The predicted molar refractivity (Wildman–Crippen MR) is 94.7 cm³/mol. The van der Waals surface area contributed by atoms with E-state index in [9.17, 15) is 18.3 Å². The highest BCUT2D eigenvalue weighted by atomic mass is 32.2. The second kappa shape index (κ2) is 7.96. The van der Waals surface area contributed by atoms with E-state index in [1.165, 1.54) is 57.7 Å². The minimum atomic E-state index is -4.17. The molecule has 0 atom stereocenters. The van der Waals surface area contributed by atoms with Gasteiger partial charge >= 0.3 is 5.97 Å². The summed E-state index contributed by atoms with van der Waals surface area (Å²) in [6, 6.07) is 10.1. The van der Waals surface area contributed by atoms with Crippen LogP contribution in [0.4, 0.5) is 5.69 Å². The molecule has 0 aliphatic rings. The first-order valence-electron chi connectivity index (χ1n) is 7.44. The summed E-state index contributed by atoms with van der Waals surface area (Å²) in [6.07, 6.45) is 0. The van der Waals surface area contributed by atoms with E-state index >= 15 is 0 Å². The molecule has 1 N–H and O–H groups in total. The van der Waals surface area contributed by atoms with Gasteiger partial charge in [0, 0.05) is 6.07 Å². The van der Waals surface area contributed by atoms with E-state index in [-0.39, 0.29) is 16.3 Å². The SMILES string of the molecule is COc1ccc(S(=O)(=O)N(CC(=O)O)c2cc(OC)ccc2OC)cc1. The molecule has 0 radical (unpaired) electrons. The lowest BCUT2D eigenvalue weighted by Crippen LogP contribution is -2.36. The average Bonchev–Trinajstić information content (AvgIpc) is 2.65. The molecule has 0 bridgehead atoms. The van der Waals surface area contributed by atoms with Crippen molar-refractivity contribution in [3.8, 4) is 17.2 Å². The fraction of sp³-hybridized carbons (Fsp3) is 0.235. The molecule has 2 aromatic rings. The number of nitrogens with zero attached hydrogens (tertiary/aromatic N) is 1. The Balaban J connectivity index is 2.61. The molecule has 0 unspecified atom stereocenters. The Hall–Kier alpha value is -2.94. The number of rotatable bonds is 8. The summed E-state index contributed by atoms with van der Waals surface area (Å²) in [4.78, 5) is 11.2. The third-order valence-electron chi connectivity index (χ3n) is 3.58. The minimum absolute atomic E-state index is 0.0602. The lowest BCUT2D eigenvalue weighted by Gasteiger charge is -2.25. The van der Waals surface area contributed by atoms with Gasteiger partial charge in [-0.3, -0.25) is 9.10 Å². The topological polar surface area (TPSA) is 102 Å². The molecule has 0 heterocycles. The van der Waals surface area contributed by atoms with Crippen LogP contribution >= 0.6 is 0 Å². The number of carboxylic acids is 1. The average molecular weight is 381 g/mol. The molecule has 26 heavy (non-hydrogen) atoms.